The molecule has 0 bridgehead atoms. The smallest absolute Gasteiger partial charge is 0.321 e. The molecule has 0 aliphatic carbocycles. The van der Waals surface area contributed by atoms with Crippen LogP contribution in [0.5, 0.6) is 5.75 Å². The summed E-state index contributed by atoms with van der Waals surface area (Å²) in [4.78, 5) is 33.0. The maximum atomic E-state index is 11.5. The molecule has 1 atom stereocenters. The van der Waals surface area contributed by atoms with Crippen LogP contribution in [-0.2, 0) is 4.79 Å². The molecule has 2 N–H and O–H groups in total. The highest BCUT2D eigenvalue weighted by atomic mass is 16.5. The Morgan fingerprint density at radius 2 is 2.11 bits per heavy atom. The van der Waals surface area contributed by atoms with Crippen molar-refractivity contribution < 1.29 is 19.1 Å². The van der Waals surface area contributed by atoms with Crippen LogP contribution in [0.1, 0.15) is 17.3 Å². The van der Waals surface area contributed by atoms with E-state index in [-0.39, 0.29) is 0 Å². The number of amides is 3. The molecule has 96 valence electrons. The number of ether oxygens (including phenoxy) is 1. The third kappa shape index (κ3) is 3.89. The van der Waals surface area contributed by atoms with E-state index in [2.05, 4.69) is 10.6 Å². The maximum absolute atomic E-state index is 11.5. The molecule has 0 fully saturated rings. The van der Waals surface area contributed by atoms with Gasteiger partial charge in [0.05, 0.1) is 0 Å². The number of nitrogens with one attached hydrogen (secondary N) is 2. The van der Waals surface area contributed by atoms with Gasteiger partial charge in [0.15, 0.2) is 6.10 Å². The number of benzene rings is 1. The van der Waals surface area contributed by atoms with E-state index in [4.69, 9.17) is 4.74 Å². The summed E-state index contributed by atoms with van der Waals surface area (Å²) in [6.07, 6.45) is -0.161. The Hall–Kier alpha value is -2.37. The first kappa shape index (κ1) is 13.7. The molecule has 6 heteroatoms. The van der Waals surface area contributed by atoms with Gasteiger partial charge in [0.2, 0.25) is 0 Å². The predicted molar refractivity (Wildman–Crippen MR) is 64.5 cm³/mol. The lowest BCUT2D eigenvalue weighted by molar-refractivity contribution is -0.126. The normalized spacial score (nSPS) is 11.2. The second-order valence-electron chi connectivity index (χ2n) is 3.52. The highest BCUT2D eigenvalue weighted by Gasteiger charge is 2.16. The molecular weight excluding hydrogens is 236 g/mol. The van der Waals surface area contributed by atoms with E-state index in [0.29, 0.717) is 17.6 Å². The van der Waals surface area contributed by atoms with Crippen LogP contribution in [-0.4, -0.2) is 31.4 Å². The van der Waals surface area contributed by atoms with E-state index in [0.717, 1.165) is 0 Å². The van der Waals surface area contributed by atoms with Crippen LogP contribution in [0.2, 0.25) is 0 Å². The minimum absolute atomic E-state index is 0.388. The van der Waals surface area contributed by atoms with Crippen LogP contribution in [0.25, 0.3) is 0 Å². The molecule has 0 saturated heterocycles. The molecule has 1 aromatic rings. The minimum Gasteiger partial charge on any atom is -0.481 e. The van der Waals surface area contributed by atoms with E-state index < -0.39 is 18.0 Å². The standard InChI is InChI=1S/C12H14N2O4/c1-8(11(16)14-12(17)13-2)18-10-5-3-4-9(6-10)7-15/h3-8H,1-2H3,(H2,13,14,16,17). The average molecular weight is 250 g/mol. The number of imide groups is 1. The zero-order valence-corrected chi connectivity index (χ0v) is 10.1. The molecule has 0 spiro atoms. The SMILES string of the molecule is CNC(=O)NC(=O)C(C)Oc1cccc(C=O)c1. The molecule has 3 amide bonds. The van der Waals surface area contributed by atoms with Crippen molar-refractivity contribution in [1.29, 1.82) is 0 Å². The van der Waals surface area contributed by atoms with Crippen LogP contribution >= 0.6 is 0 Å². The third-order valence-electron chi connectivity index (χ3n) is 2.14. The zero-order valence-electron chi connectivity index (χ0n) is 10.1. The first-order valence-corrected chi connectivity index (χ1v) is 5.31. The summed E-state index contributed by atoms with van der Waals surface area (Å²) in [5.41, 5.74) is 0.450. The van der Waals surface area contributed by atoms with Gasteiger partial charge in [-0.1, -0.05) is 12.1 Å². The van der Waals surface area contributed by atoms with Crippen molar-refractivity contribution in [2.24, 2.45) is 0 Å². The first-order valence-electron chi connectivity index (χ1n) is 5.31. The molecule has 0 saturated carbocycles. The van der Waals surface area contributed by atoms with E-state index in [1.54, 1.807) is 18.2 Å². The molecule has 0 heterocycles. The summed E-state index contributed by atoms with van der Waals surface area (Å²) < 4.78 is 5.31. The average Bonchev–Trinajstić information content (AvgIpc) is 2.38. The number of hydrogen-bond donors (Lipinski definition) is 2. The summed E-state index contributed by atoms with van der Waals surface area (Å²) in [5, 5.41) is 4.35. The van der Waals surface area contributed by atoms with Gasteiger partial charge in [-0.2, -0.15) is 0 Å². The van der Waals surface area contributed by atoms with Gasteiger partial charge in [0, 0.05) is 12.6 Å². The second kappa shape index (κ2) is 6.39. The minimum atomic E-state index is -0.843. The zero-order chi connectivity index (χ0) is 13.5. The molecule has 18 heavy (non-hydrogen) atoms. The Kier molecular flexibility index (Phi) is 4.86. The van der Waals surface area contributed by atoms with Crippen molar-refractivity contribution in [1.82, 2.24) is 10.6 Å². The van der Waals surface area contributed by atoms with Crippen molar-refractivity contribution >= 4 is 18.2 Å². The number of carbonyl (C=O) groups excluding carboxylic acids is 3. The quantitative estimate of drug-likeness (QED) is 0.771. The fourth-order valence-corrected chi connectivity index (χ4v) is 1.19. The Morgan fingerprint density at radius 1 is 1.39 bits per heavy atom. The van der Waals surface area contributed by atoms with Gasteiger partial charge in [-0.3, -0.25) is 14.9 Å². The van der Waals surface area contributed by atoms with Crippen LogP contribution in [0.15, 0.2) is 24.3 Å². The van der Waals surface area contributed by atoms with E-state index >= 15 is 0 Å². The Bertz CT molecular complexity index is 459. The number of rotatable bonds is 4. The number of carbonyl (C=O) groups is 3. The highest BCUT2D eigenvalue weighted by molar-refractivity contribution is 5.96. The van der Waals surface area contributed by atoms with E-state index in [9.17, 15) is 14.4 Å². The summed E-state index contributed by atoms with van der Waals surface area (Å²) >= 11 is 0. The molecule has 1 rings (SSSR count). The van der Waals surface area contributed by atoms with E-state index in [1.165, 1.54) is 20.0 Å². The summed E-state index contributed by atoms with van der Waals surface area (Å²) in [5.74, 6) is -0.176. The fraction of sp³-hybridized carbons (Fsp3) is 0.250. The monoisotopic (exact) mass is 250 g/mol. The molecule has 6 nitrogen and oxygen atoms in total. The molecule has 0 aliphatic heterocycles. The number of aldehydes is 1. The molecule has 0 aliphatic rings. The first-order chi connectivity index (χ1) is 8.56. The van der Waals surface area contributed by atoms with Crippen molar-refractivity contribution in [3.05, 3.63) is 29.8 Å². The Morgan fingerprint density at radius 3 is 2.72 bits per heavy atom. The summed E-state index contributed by atoms with van der Waals surface area (Å²) in [6, 6.07) is 5.79. The highest BCUT2D eigenvalue weighted by Crippen LogP contribution is 2.13. The lowest BCUT2D eigenvalue weighted by atomic mass is 10.2. The lowest BCUT2D eigenvalue weighted by Crippen LogP contribution is -2.43. The number of urea groups is 1. The van der Waals surface area contributed by atoms with Crippen LogP contribution in [0.3, 0.4) is 0 Å². The second-order valence-corrected chi connectivity index (χ2v) is 3.52. The van der Waals surface area contributed by atoms with E-state index in [1.807, 2.05) is 0 Å². The van der Waals surface area contributed by atoms with Crippen LogP contribution < -0.4 is 15.4 Å². The Labute approximate surface area is 104 Å². The third-order valence-corrected chi connectivity index (χ3v) is 2.14. The van der Waals surface area contributed by atoms with Gasteiger partial charge in [-0.05, 0) is 19.1 Å². The van der Waals surface area contributed by atoms with Gasteiger partial charge in [0.25, 0.3) is 5.91 Å². The Balaban J connectivity index is 2.63. The van der Waals surface area contributed by atoms with Gasteiger partial charge in [-0.15, -0.1) is 0 Å². The number of hydrogen-bond acceptors (Lipinski definition) is 4. The molecule has 1 unspecified atom stereocenters. The molecular formula is C12H14N2O4. The topological polar surface area (TPSA) is 84.5 Å². The van der Waals surface area contributed by atoms with Crippen molar-refractivity contribution in [2.45, 2.75) is 13.0 Å². The van der Waals surface area contributed by atoms with Gasteiger partial charge in [0.1, 0.15) is 12.0 Å². The van der Waals surface area contributed by atoms with Crippen molar-refractivity contribution in [3.63, 3.8) is 0 Å². The van der Waals surface area contributed by atoms with Crippen LogP contribution in [0, 0.1) is 0 Å². The predicted octanol–water partition coefficient (Wildman–Crippen LogP) is 0.722. The van der Waals surface area contributed by atoms with Crippen molar-refractivity contribution in [3.8, 4) is 5.75 Å². The van der Waals surface area contributed by atoms with Crippen molar-refractivity contribution in [2.75, 3.05) is 7.05 Å². The van der Waals surface area contributed by atoms with Gasteiger partial charge >= 0.3 is 6.03 Å². The summed E-state index contributed by atoms with van der Waals surface area (Å²) in [7, 11) is 1.40. The molecule has 0 radical (unpaired) electrons. The molecule has 1 aromatic carbocycles. The largest absolute Gasteiger partial charge is 0.481 e. The van der Waals surface area contributed by atoms with Crippen LogP contribution in [0.4, 0.5) is 4.79 Å². The fourth-order valence-electron chi connectivity index (χ4n) is 1.19. The van der Waals surface area contributed by atoms with Gasteiger partial charge < -0.3 is 10.1 Å². The maximum Gasteiger partial charge on any atom is 0.321 e. The molecule has 0 aromatic heterocycles. The summed E-state index contributed by atoms with van der Waals surface area (Å²) in [6.45, 7) is 1.51. The van der Waals surface area contributed by atoms with Gasteiger partial charge in [-0.25, -0.2) is 4.79 Å². The lowest BCUT2D eigenvalue weighted by Gasteiger charge is -2.14.